The molecule has 3 atom stereocenters. The van der Waals surface area contributed by atoms with E-state index in [2.05, 4.69) is 32.0 Å². The van der Waals surface area contributed by atoms with Crippen molar-refractivity contribution in [3.8, 4) is 5.75 Å². The van der Waals surface area contributed by atoms with E-state index in [0.717, 1.165) is 31.4 Å². The average Bonchev–Trinajstić information content (AvgIpc) is 2.92. The van der Waals surface area contributed by atoms with Gasteiger partial charge < -0.3 is 9.84 Å². The highest BCUT2D eigenvalue weighted by atomic mass is 16.5. The zero-order chi connectivity index (χ0) is 16.2. The fourth-order valence-electron chi connectivity index (χ4n) is 5.82. The molecule has 0 saturated heterocycles. The van der Waals surface area contributed by atoms with Gasteiger partial charge in [0.15, 0.2) is 0 Å². The van der Waals surface area contributed by atoms with Gasteiger partial charge in [-0.25, -0.2) is 0 Å². The lowest BCUT2D eigenvalue weighted by atomic mass is 9.57. The molecule has 1 N–H and O–H groups in total. The molecule has 2 nitrogen and oxygen atoms in total. The van der Waals surface area contributed by atoms with Crippen LogP contribution in [0.4, 0.5) is 0 Å². The van der Waals surface area contributed by atoms with Crippen LogP contribution >= 0.6 is 0 Å². The van der Waals surface area contributed by atoms with Gasteiger partial charge in [-0.15, -0.1) is 0 Å². The summed E-state index contributed by atoms with van der Waals surface area (Å²) in [4.78, 5) is 0. The Morgan fingerprint density at radius 1 is 1.17 bits per heavy atom. The normalized spacial score (nSPS) is 32.6. The van der Waals surface area contributed by atoms with Gasteiger partial charge in [-0.1, -0.05) is 25.5 Å². The van der Waals surface area contributed by atoms with Crippen molar-refractivity contribution in [1.82, 2.24) is 0 Å². The van der Waals surface area contributed by atoms with E-state index >= 15 is 0 Å². The van der Waals surface area contributed by atoms with E-state index in [1.54, 1.807) is 18.3 Å². The number of hydrogen-bond acceptors (Lipinski definition) is 2. The lowest BCUT2D eigenvalue weighted by Crippen LogP contribution is -2.43. The zero-order valence-corrected chi connectivity index (χ0v) is 14.6. The van der Waals surface area contributed by atoms with Gasteiger partial charge >= 0.3 is 0 Å². The van der Waals surface area contributed by atoms with E-state index in [1.165, 1.54) is 24.0 Å². The number of rotatable bonds is 2. The number of aliphatic hydroxyl groups excluding tert-OH is 1. The second kappa shape index (κ2) is 5.37. The Morgan fingerprint density at radius 2 is 2.00 bits per heavy atom. The topological polar surface area (TPSA) is 29.5 Å². The number of methoxy groups -OCH3 is 1. The van der Waals surface area contributed by atoms with Crippen LogP contribution in [-0.4, -0.2) is 18.3 Å². The molecule has 1 saturated carbocycles. The van der Waals surface area contributed by atoms with Gasteiger partial charge in [0, 0.05) is 5.41 Å². The van der Waals surface area contributed by atoms with Crippen molar-refractivity contribution in [3.05, 3.63) is 34.9 Å². The Labute approximate surface area is 139 Å². The van der Waals surface area contributed by atoms with E-state index in [4.69, 9.17) is 4.74 Å². The van der Waals surface area contributed by atoms with Gasteiger partial charge in [0.25, 0.3) is 0 Å². The summed E-state index contributed by atoms with van der Waals surface area (Å²) in [6.07, 6.45) is 6.59. The number of aryl methyl sites for hydroxylation is 1. The maximum Gasteiger partial charge on any atom is 0.119 e. The van der Waals surface area contributed by atoms with Gasteiger partial charge in [0.05, 0.1) is 13.2 Å². The minimum Gasteiger partial charge on any atom is -0.497 e. The molecule has 124 valence electrons. The third-order valence-corrected chi connectivity index (χ3v) is 6.99. The highest BCUT2D eigenvalue weighted by molar-refractivity contribution is 5.75. The van der Waals surface area contributed by atoms with Crippen molar-refractivity contribution < 1.29 is 9.84 Å². The highest BCUT2D eigenvalue weighted by Crippen LogP contribution is 2.61. The van der Waals surface area contributed by atoms with Gasteiger partial charge in [-0.05, 0) is 79.2 Å². The third-order valence-electron chi connectivity index (χ3n) is 6.99. The van der Waals surface area contributed by atoms with Crippen molar-refractivity contribution in [3.63, 3.8) is 0 Å². The second-order valence-corrected chi connectivity index (χ2v) is 7.94. The molecule has 23 heavy (non-hydrogen) atoms. The van der Waals surface area contributed by atoms with Gasteiger partial charge in [-0.3, -0.25) is 0 Å². The summed E-state index contributed by atoms with van der Waals surface area (Å²) in [7, 11) is 1.74. The Bertz CT molecular complexity index is 658. The molecule has 0 bridgehead atoms. The third kappa shape index (κ3) is 2.04. The molecule has 0 heterocycles. The summed E-state index contributed by atoms with van der Waals surface area (Å²) in [6.45, 7) is 4.63. The lowest BCUT2D eigenvalue weighted by Gasteiger charge is -2.48. The molecular formula is C21H28O2. The second-order valence-electron chi connectivity index (χ2n) is 7.94. The summed E-state index contributed by atoms with van der Waals surface area (Å²) >= 11 is 0. The molecule has 0 amide bonds. The largest absolute Gasteiger partial charge is 0.497 e. The maximum absolute atomic E-state index is 10.8. The lowest BCUT2D eigenvalue weighted by molar-refractivity contribution is -0.0149. The molecule has 0 aliphatic heterocycles. The van der Waals surface area contributed by atoms with Gasteiger partial charge in [0.1, 0.15) is 5.75 Å². The number of hydrogen-bond donors (Lipinski definition) is 1. The fraction of sp³-hybridized carbons (Fsp3) is 0.619. The quantitative estimate of drug-likeness (QED) is 0.864. The summed E-state index contributed by atoms with van der Waals surface area (Å²) < 4.78 is 5.40. The summed E-state index contributed by atoms with van der Waals surface area (Å²) in [5.74, 6) is 2.12. The Hall–Kier alpha value is -1.28. The summed E-state index contributed by atoms with van der Waals surface area (Å²) in [6, 6.07) is 6.58. The van der Waals surface area contributed by atoms with Crippen molar-refractivity contribution in [2.75, 3.05) is 7.11 Å². The van der Waals surface area contributed by atoms with Crippen LogP contribution in [0.15, 0.2) is 23.8 Å². The monoisotopic (exact) mass is 312 g/mol. The van der Waals surface area contributed by atoms with Crippen LogP contribution in [-0.2, 0) is 6.42 Å². The predicted octanol–water partition coefficient (Wildman–Crippen LogP) is 4.60. The van der Waals surface area contributed by atoms with Crippen LogP contribution in [0.1, 0.15) is 57.1 Å². The van der Waals surface area contributed by atoms with E-state index in [9.17, 15) is 5.11 Å². The number of ether oxygens (including phenoxy) is 1. The molecule has 0 aromatic heterocycles. The number of fused-ring (bicyclic) bond motifs is 4. The number of aliphatic hydroxyl groups is 1. The minimum absolute atomic E-state index is 0.112. The number of benzene rings is 1. The molecule has 0 spiro atoms. The first-order valence-corrected chi connectivity index (χ1v) is 9.15. The molecule has 0 unspecified atom stereocenters. The van der Waals surface area contributed by atoms with E-state index in [1.807, 2.05) is 0 Å². The van der Waals surface area contributed by atoms with Gasteiger partial charge in [-0.2, -0.15) is 0 Å². The fourth-order valence-corrected chi connectivity index (χ4v) is 5.82. The van der Waals surface area contributed by atoms with Crippen LogP contribution in [0.25, 0.3) is 5.57 Å². The molecule has 1 aromatic rings. The summed E-state index contributed by atoms with van der Waals surface area (Å²) in [5.41, 5.74) is 6.27. The Balaban J connectivity index is 1.80. The van der Waals surface area contributed by atoms with Crippen molar-refractivity contribution in [1.29, 1.82) is 0 Å². The average molecular weight is 312 g/mol. The molecule has 4 rings (SSSR count). The van der Waals surface area contributed by atoms with Crippen LogP contribution in [0.2, 0.25) is 0 Å². The Morgan fingerprint density at radius 3 is 2.74 bits per heavy atom. The number of allylic oxidation sites excluding steroid dienone is 2. The molecule has 3 aliphatic rings. The van der Waals surface area contributed by atoms with E-state index < -0.39 is 0 Å². The predicted molar refractivity (Wildman–Crippen MR) is 93.5 cm³/mol. The molecular weight excluding hydrogens is 284 g/mol. The van der Waals surface area contributed by atoms with Crippen LogP contribution in [0, 0.1) is 17.3 Å². The smallest absolute Gasteiger partial charge is 0.119 e. The SMILES string of the molecule is COc1ccc2c(c1)CCC1=C2CC[C@]2(C(C)C)[C@@H](O)CC[C@@H]12. The maximum atomic E-state index is 10.8. The molecule has 3 aliphatic carbocycles. The zero-order valence-electron chi connectivity index (χ0n) is 14.6. The molecule has 0 radical (unpaired) electrons. The first-order chi connectivity index (χ1) is 11.1. The molecule has 1 fully saturated rings. The van der Waals surface area contributed by atoms with Gasteiger partial charge in [0.2, 0.25) is 0 Å². The van der Waals surface area contributed by atoms with E-state index in [-0.39, 0.29) is 11.5 Å². The molecule has 2 heteroatoms. The highest BCUT2D eigenvalue weighted by Gasteiger charge is 2.54. The first kappa shape index (κ1) is 15.3. The van der Waals surface area contributed by atoms with Crippen molar-refractivity contribution in [2.24, 2.45) is 17.3 Å². The van der Waals surface area contributed by atoms with Crippen molar-refractivity contribution in [2.45, 2.75) is 58.5 Å². The van der Waals surface area contributed by atoms with E-state index in [0.29, 0.717) is 11.8 Å². The van der Waals surface area contributed by atoms with Crippen molar-refractivity contribution >= 4 is 5.57 Å². The first-order valence-electron chi connectivity index (χ1n) is 9.15. The Kier molecular flexibility index (Phi) is 3.57. The standard InChI is InChI=1S/C21H28O2/c1-13(2)21-11-10-17-16-7-5-15(23-3)12-14(16)4-6-18(17)19(21)8-9-20(21)22/h5,7,12-13,19-20,22H,4,6,8-11H2,1-3H3/t19-,20-,21+/m0/s1. The van der Waals surface area contributed by atoms with Crippen LogP contribution in [0.3, 0.4) is 0 Å². The van der Waals surface area contributed by atoms with Crippen LogP contribution in [0.5, 0.6) is 5.75 Å². The molecule has 1 aromatic carbocycles. The summed E-state index contributed by atoms with van der Waals surface area (Å²) in [5, 5.41) is 10.8. The van der Waals surface area contributed by atoms with Crippen LogP contribution < -0.4 is 4.74 Å². The minimum atomic E-state index is -0.112.